The number of likely N-dealkylation sites (tertiary alicyclic amines) is 1. The highest BCUT2D eigenvalue weighted by Gasteiger charge is 2.51. The second-order valence-corrected chi connectivity index (χ2v) is 7.16. The average Bonchev–Trinajstić information content (AvgIpc) is 2.74. The quantitative estimate of drug-likeness (QED) is 0.863. The molecule has 0 aliphatic carbocycles. The van der Waals surface area contributed by atoms with E-state index in [0.29, 0.717) is 0 Å². The highest BCUT2D eigenvalue weighted by atomic mass is 16.6. The molecule has 3 rings (SSSR count). The lowest BCUT2D eigenvalue weighted by molar-refractivity contribution is -0.00628. The van der Waals surface area contributed by atoms with Crippen LogP contribution in [0.5, 0.6) is 0 Å². The number of para-hydroxylation sites is 1. The lowest BCUT2D eigenvalue weighted by Gasteiger charge is -2.47. The standard InChI is InChI=1S/C17H24N2O2/c1-5-12-7-6-8-13-14(12)18-9-17(13)10-19(11-17)15(20)21-16(2,3)4/h6-8,18H,5,9-11H2,1-4H3. The van der Waals surface area contributed by atoms with Crippen molar-refractivity contribution >= 4 is 11.8 Å². The molecule has 0 unspecified atom stereocenters. The summed E-state index contributed by atoms with van der Waals surface area (Å²) in [7, 11) is 0. The predicted octanol–water partition coefficient (Wildman–Crippen LogP) is 3.16. The Kier molecular flexibility index (Phi) is 3.15. The van der Waals surface area contributed by atoms with Crippen molar-refractivity contribution < 1.29 is 9.53 Å². The van der Waals surface area contributed by atoms with Gasteiger partial charge >= 0.3 is 6.09 Å². The van der Waals surface area contributed by atoms with Crippen LogP contribution in [0, 0.1) is 0 Å². The summed E-state index contributed by atoms with van der Waals surface area (Å²) in [6.07, 6.45) is 0.829. The van der Waals surface area contributed by atoms with Gasteiger partial charge in [0.05, 0.1) is 5.41 Å². The fourth-order valence-electron chi connectivity index (χ4n) is 3.32. The molecule has 2 aliphatic rings. The number of anilines is 1. The Bertz CT molecular complexity index is 569. The molecule has 1 saturated heterocycles. The molecule has 4 heteroatoms. The molecule has 0 saturated carbocycles. The van der Waals surface area contributed by atoms with Crippen LogP contribution in [-0.2, 0) is 16.6 Å². The predicted molar refractivity (Wildman–Crippen MR) is 83.8 cm³/mol. The molecular weight excluding hydrogens is 264 g/mol. The highest BCUT2D eigenvalue weighted by Crippen LogP contribution is 2.45. The first-order valence-electron chi connectivity index (χ1n) is 7.69. The molecule has 0 radical (unpaired) electrons. The van der Waals surface area contributed by atoms with E-state index in [1.807, 2.05) is 20.8 Å². The number of nitrogens with zero attached hydrogens (tertiary/aromatic N) is 1. The fourth-order valence-corrected chi connectivity index (χ4v) is 3.32. The maximum atomic E-state index is 12.1. The highest BCUT2D eigenvalue weighted by molar-refractivity contribution is 5.73. The van der Waals surface area contributed by atoms with E-state index < -0.39 is 5.60 Å². The minimum atomic E-state index is -0.430. The smallest absolute Gasteiger partial charge is 0.410 e. The second kappa shape index (κ2) is 4.65. The van der Waals surface area contributed by atoms with Crippen molar-refractivity contribution in [2.45, 2.75) is 45.1 Å². The maximum absolute atomic E-state index is 12.1. The molecule has 114 valence electrons. The van der Waals surface area contributed by atoms with Crippen molar-refractivity contribution in [3.05, 3.63) is 29.3 Å². The van der Waals surface area contributed by atoms with E-state index in [4.69, 9.17) is 4.74 Å². The largest absolute Gasteiger partial charge is 0.444 e. The number of aryl methyl sites for hydroxylation is 1. The summed E-state index contributed by atoms with van der Waals surface area (Å²) in [5.41, 5.74) is 3.66. The van der Waals surface area contributed by atoms with E-state index in [9.17, 15) is 4.79 Å². The number of carbonyl (C=O) groups is 1. The Morgan fingerprint density at radius 1 is 1.38 bits per heavy atom. The third-order valence-electron chi connectivity index (χ3n) is 4.35. The molecule has 1 amide bonds. The number of hydrogen-bond donors (Lipinski definition) is 1. The Labute approximate surface area is 126 Å². The van der Waals surface area contributed by atoms with E-state index >= 15 is 0 Å². The van der Waals surface area contributed by atoms with Gasteiger partial charge in [0.2, 0.25) is 0 Å². The summed E-state index contributed by atoms with van der Waals surface area (Å²) in [4.78, 5) is 13.9. The van der Waals surface area contributed by atoms with Crippen LogP contribution >= 0.6 is 0 Å². The van der Waals surface area contributed by atoms with E-state index in [0.717, 1.165) is 26.1 Å². The van der Waals surface area contributed by atoms with Crippen molar-refractivity contribution in [3.63, 3.8) is 0 Å². The molecule has 2 aliphatic heterocycles. The molecule has 1 fully saturated rings. The molecule has 4 nitrogen and oxygen atoms in total. The Morgan fingerprint density at radius 3 is 2.71 bits per heavy atom. The van der Waals surface area contributed by atoms with Gasteiger partial charge in [-0.1, -0.05) is 25.1 Å². The fraction of sp³-hybridized carbons (Fsp3) is 0.588. The number of ether oxygens (including phenoxy) is 1. The lowest BCUT2D eigenvalue weighted by atomic mass is 9.75. The normalized spacial score (nSPS) is 19.0. The van der Waals surface area contributed by atoms with E-state index in [2.05, 4.69) is 30.4 Å². The van der Waals surface area contributed by atoms with Crippen LogP contribution in [0.3, 0.4) is 0 Å². The van der Waals surface area contributed by atoms with Crippen molar-refractivity contribution in [3.8, 4) is 0 Å². The summed E-state index contributed by atoms with van der Waals surface area (Å²) < 4.78 is 5.44. The molecule has 1 aromatic rings. The van der Waals surface area contributed by atoms with E-state index in [1.54, 1.807) is 4.90 Å². The maximum Gasteiger partial charge on any atom is 0.410 e. The zero-order valence-corrected chi connectivity index (χ0v) is 13.3. The minimum Gasteiger partial charge on any atom is -0.444 e. The minimum absolute atomic E-state index is 0.0808. The van der Waals surface area contributed by atoms with Crippen molar-refractivity contribution in [2.75, 3.05) is 25.0 Å². The van der Waals surface area contributed by atoms with Gasteiger partial charge < -0.3 is 15.0 Å². The first kappa shape index (κ1) is 14.2. The molecular formula is C17H24N2O2. The van der Waals surface area contributed by atoms with Gasteiger partial charge in [0.1, 0.15) is 5.60 Å². The van der Waals surface area contributed by atoms with Crippen molar-refractivity contribution in [1.29, 1.82) is 0 Å². The third-order valence-corrected chi connectivity index (χ3v) is 4.35. The van der Waals surface area contributed by atoms with Crippen molar-refractivity contribution in [2.24, 2.45) is 0 Å². The molecule has 21 heavy (non-hydrogen) atoms. The molecule has 1 spiro atoms. The van der Waals surface area contributed by atoms with Crippen LogP contribution in [0.4, 0.5) is 10.5 Å². The van der Waals surface area contributed by atoms with Gasteiger partial charge in [-0.2, -0.15) is 0 Å². The van der Waals surface area contributed by atoms with E-state index in [1.165, 1.54) is 16.8 Å². The number of hydrogen-bond acceptors (Lipinski definition) is 3. The molecule has 0 aromatic heterocycles. The molecule has 1 aromatic carbocycles. The van der Waals surface area contributed by atoms with Gasteiger partial charge in [0, 0.05) is 25.3 Å². The third kappa shape index (κ3) is 2.37. The van der Waals surface area contributed by atoms with Gasteiger partial charge in [-0.3, -0.25) is 0 Å². The zero-order valence-electron chi connectivity index (χ0n) is 13.3. The van der Waals surface area contributed by atoms with Gasteiger partial charge in [0.25, 0.3) is 0 Å². The molecule has 2 heterocycles. The number of fused-ring (bicyclic) bond motifs is 2. The summed E-state index contributed by atoms with van der Waals surface area (Å²) in [6, 6.07) is 6.50. The Hall–Kier alpha value is -1.71. The van der Waals surface area contributed by atoms with Crippen molar-refractivity contribution in [1.82, 2.24) is 4.90 Å². The number of benzene rings is 1. The molecule has 0 atom stereocenters. The first-order valence-corrected chi connectivity index (χ1v) is 7.69. The lowest BCUT2D eigenvalue weighted by Crippen LogP contribution is -2.62. The van der Waals surface area contributed by atoms with Crippen LogP contribution in [0.15, 0.2) is 18.2 Å². The van der Waals surface area contributed by atoms with Crippen LogP contribution in [0.25, 0.3) is 0 Å². The first-order chi connectivity index (χ1) is 9.85. The summed E-state index contributed by atoms with van der Waals surface area (Å²) in [5, 5.41) is 3.54. The van der Waals surface area contributed by atoms with Crippen LogP contribution in [-0.4, -0.2) is 36.2 Å². The van der Waals surface area contributed by atoms with Gasteiger partial charge in [-0.25, -0.2) is 4.79 Å². The summed E-state index contributed by atoms with van der Waals surface area (Å²) in [5.74, 6) is 0. The van der Waals surface area contributed by atoms with Crippen LogP contribution in [0.1, 0.15) is 38.8 Å². The molecule has 0 bridgehead atoms. The van der Waals surface area contributed by atoms with Gasteiger partial charge in [-0.05, 0) is 38.3 Å². The van der Waals surface area contributed by atoms with Gasteiger partial charge in [0.15, 0.2) is 0 Å². The topological polar surface area (TPSA) is 41.6 Å². The monoisotopic (exact) mass is 288 g/mol. The zero-order chi connectivity index (χ0) is 15.3. The number of rotatable bonds is 1. The Balaban J connectivity index is 1.74. The van der Waals surface area contributed by atoms with E-state index in [-0.39, 0.29) is 11.5 Å². The summed E-state index contributed by atoms with van der Waals surface area (Å²) in [6.45, 7) is 10.3. The number of amides is 1. The average molecular weight is 288 g/mol. The second-order valence-electron chi connectivity index (χ2n) is 7.16. The SMILES string of the molecule is CCc1cccc2c1NCC21CN(C(=O)OC(C)(C)C)C1. The van der Waals surface area contributed by atoms with Crippen LogP contribution < -0.4 is 5.32 Å². The molecule has 1 N–H and O–H groups in total. The number of carbonyl (C=O) groups excluding carboxylic acids is 1. The van der Waals surface area contributed by atoms with Gasteiger partial charge in [-0.15, -0.1) is 0 Å². The number of nitrogens with one attached hydrogen (secondary N) is 1. The van der Waals surface area contributed by atoms with Crippen LogP contribution in [0.2, 0.25) is 0 Å². The Morgan fingerprint density at radius 2 is 2.10 bits per heavy atom. The summed E-state index contributed by atoms with van der Waals surface area (Å²) >= 11 is 0.